The van der Waals surface area contributed by atoms with Crippen LogP contribution in [-0.2, 0) is 32.0 Å². The van der Waals surface area contributed by atoms with Gasteiger partial charge in [-0.05, 0) is 0 Å². The van der Waals surface area contributed by atoms with E-state index in [-0.39, 0.29) is 59.1 Å². The smallest absolute Gasteiger partial charge is 0.756 e. The standard InChI is InChI=1S/C14H22N2O16P2.2Na/c17-5-3-28-13(11(22)8(5)19)31-34(26,27)32-33(24,25)29-4-6-9(20)10(21)12(30-6)16-2-1-7(18)15-14(16)23;;/h1-2,5-6,8-13,17,19-22H,3-4H2,(H,24,25)(H,26,27)(H,15,18,23);;/q;2*+1/p-2/t5-,6-,8+,9?,10+,11-,12-,13-;;/m1../s1. The minimum atomic E-state index is -5.79. The van der Waals surface area contributed by atoms with Gasteiger partial charge in [0.15, 0.2) is 12.5 Å². The fraction of sp³-hybridized carbons (Fsp3) is 0.714. The summed E-state index contributed by atoms with van der Waals surface area (Å²) in [6, 6.07) is 0.922. The topological polar surface area (TPSA) is 282 Å². The molecule has 0 bridgehead atoms. The van der Waals surface area contributed by atoms with E-state index in [0.717, 1.165) is 12.3 Å². The van der Waals surface area contributed by atoms with Crippen molar-refractivity contribution in [2.24, 2.45) is 0 Å². The van der Waals surface area contributed by atoms with Gasteiger partial charge >= 0.3 is 64.8 Å². The molecule has 2 aliphatic heterocycles. The Morgan fingerprint density at radius 2 is 1.67 bits per heavy atom. The summed E-state index contributed by atoms with van der Waals surface area (Å²) in [5.74, 6) is 0. The second kappa shape index (κ2) is 13.8. The van der Waals surface area contributed by atoms with Crippen LogP contribution < -0.4 is 80.2 Å². The maximum atomic E-state index is 11.9. The molecule has 18 nitrogen and oxygen atoms in total. The molecule has 3 rings (SSSR count). The van der Waals surface area contributed by atoms with E-state index in [1.165, 1.54) is 0 Å². The Kier molecular flexibility index (Phi) is 13.3. The van der Waals surface area contributed by atoms with Gasteiger partial charge in [0.05, 0.1) is 13.2 Å². The molecule has 6 N–H and O–H groups in total. The van der Waals surface area contributed by atoms with Crippen LogP contribution in [0, 0.1) is 0 Å². The molecule has 0 saturated carbocycles. The number of aromatic amines is 1. The summed E-state index contributed by atoms with van der Waals surface area (Å²) in [5, 5.41) is 48.6. The first-order valence-corrected chi connectivity index (χ1v) is 12.3. The molecule has 2 aliphatic rings. The van der Waals surface area contributed by atoms with Crippen LogP contribution in [0.1, 0.15) is 6.23 Å². The largest absolute Gasteiger partial charge is 1.00 e. The van der Waals surface area contributed by atoms with Crippen LogP contribution in [0.15, 0.2) is 21.9 Å². The number of H-pyrrole nitrogens is 1. The number of aliphatic hydroxyl groups is 5. The van der Waals surface area contributed by atoms with E-state index in [4.69, 9.17) is 4.74 Å². The summed E-state index contributed by atoms with van der Waals surface area (Å²) in [7, 11) is -11.5. The van der Waals surface area contributed by atoms with Crippen LogP contribution in [0.2, 0.25) is 0 Å². The summed E-state index contributed by atoms with van der Waals surface area (Å²) >= 11 is 0. The molecule has 36 heavy (non-hydrogen) atoms. The minimum Gasteiger partial charge on any atom is -0.756 e. The van der Waals surface area contributed by atoms with Crippen molar-refractivity contribution in [3.63, 3.8) is 0 Å². The molecule has 2 saturated heterocycles. The number of aliphatic hydroxyl groups excluding tert-OH is 5. The van der Waals surface area contributed by atoms with E-state index in [2.05, 4.69) is 18.1 Å². The SMILES string of the molecule is O=c1ccn([C@@H]2O[C@H](COP(=O)([O-])OP(=O)([O-])O[C@H]3OC[C@@H](O)[C@H](O)[C@H]3O)C(O)[C@@H]2O)c(=O)[nH]1.[Na+].[Na+]. The van der Waals surface area contributed by atoms with Crippen LogP contribution in [-0.4, -0.2) is 91.2 Å². The molecule has 0 radical (unpaired) electrons. The van der Waals surface area contributed by atoms with Crippen LogP contribution in [0.25, 0.3) is 0 Å². The fourth-order valence-electron chi connectivity index (χ4n) is 3.05. The third-order valence-corrected chi connectivity index (χ3v) is 7.28. The van der Waals surface area contributed by atoms with Crippen molar-refractivity contribution in [3.8, 4) is 0 Å². The molecule has 0 amide bonds. The second-order valence-corrected chi connectivity index (χ2v) is 10.1. The van der Waals surface area contributed by atoms with Gasteiger partial charge in [-0.3, -0.25) is 28.0 Å². The van der Waals surface area contributed by atoms with Gasteiger partial charge < -0.3 is 49.3 Å². The van der Waals surface area contributed by atoms with Gasteiger partial charge in [0.25, 0.3) is 21.2 Å². The van der Waals surface area contributed by atoms with Gasteiger partial charge in [-0.1, -0.05) is 0 Å². The Morgan fingerprint density at radius 1 is 1.03 bits per heavy atom. The van der Waals surface area contributed by atoms with Crippen LogP contribution >= 0.6 is 15.6 Å². The first-order valence-electron chi connectivity index (χ1n) is 9.36. The van der Waals surface area contributed by atoms with E-state index >= 15 is 0 Å². The predicted molar refractivity (Wildman–Crippen MR) is 98.3 cm³/mol. The zero-order valence-corrected chi connectivity index (χ0v) is 24.5. The predicted octanol–water partition coefficient (Wildman–Crippen LogP) is -11.4. The number of rotatable bonds is 8. The number of aromatic nitrogens is 2. The Labute approximate surface area is 245 Å². The Hall–Kier alpha value is 0.660. The molecule has 1 aromatic rings. The zero-order chi connectivity index (χ0) is 25.4. The van der Waals surface area contributed by atoms with Crippen molar-refractivity contribution in [2.45, 2.75) is 49.1 Å². The molecule has 3 heterocycles. The summed E-state index contributed by atoms with van der Waals surface area (Å²) in [5.41, 5.74) is -1.75. The van der Waals surface area contributed by atoms with Gasteiger partial charge in [0, 0.05) is 12.3 Å². The first kappa shape index (κ1) is 34.7. The number of ether oxygens (including phenoxy) is 2. The molecule has 3 unspecified atom stereocenters. The third kappa shape index (κ3) is 8.58. The summed E-state index contributed by atoms with van der Waals surface area (Å²) in [6.07, 6.45) is -13.4. The number of hydrogen-bond donors (Lipinski definition) is 6. The fourth-order valence-corrected chi connectivity index (χ4v) is 5.15. The van der Waals surface area contributed by atoms with Crippen molar-refractivity contribution in [1.82, 2.24) is 9.55 Å². The van der Waals surface area contributed by atoms with Crippen molar-refractivity contribution in [2.75, 3.05) is 13.2 Å². The van der Waals surface area contributed by atoms with Crippen molar-refractivity contribution in [1.29, 1.82) is 0 Å². The first-order chi connectivity index (χ1) is 15.7. The van der Waals surface area contributed by atoms with E-state index < -0.39 is 89.2 Å². The van der Waals surface area contributed by atoms with E-state index in [0.29, 0.717) is 4.57 Å². The maximum Gasteiger partial charge on any atom is 1.00 e. The Bertz CT molecular complexity index is 1090. The number of nitrogens with one attached hydrogen (secondary N) is 1. The number of phosphoric ester groups is 2. The van der Waals surface area contributed by atoms with Gasteiger partial charge in [-0.2, -0.15) is 0 Å². The third-order valence-electron chi connectivity index (χ3n) is 4.75. The number of hydrogen-bond acceptors (Lipinski definition) is 16. The van der Waals surface area contributed by atoms with Crippen molar-refractivity contribution >= 4 is 15.6 Å². The van der Waals surface area contributed by atoms with Crippen LogP contribution in [0.3, 0.4) is 0 Å². The summed E-state index contributed by atoms with van der Waals surface area (Å²) in [6.45, 7) is -1.73. The molecular weight excluding hydrogens is 560 g/mol. The maximum absolute atomic E-state index is 11.9. The number of phosphoric acid groups is 2. The van der Waals surface area contributed by atoms with Crippen molar-refractivity contribution in [3.05, 3.63) is 33.1 Å². The van der Waals surface area contributed by atoms with Gasteiger partial charge in [-0.25, -0.2) is 9.11 Å². The Balaban J connectivity index is 0.00000324. The van der Waals surface area contributed by atoms with Gasteiger partial charge in [-0.15, -0.1) is 0 Å². The van der Waals surface area contributed by atoms with Crippen LogP contribution in [0.4, 0.5) is 0 Å². The average Bonchev–Trinajstić information content (AvgIpc) is 3.00. The average molecular weight is 580 g/mol. The normalized spacial score (nSPS) is 35.6. The molecule has 0 aromatic carbocycles. The molecule has 10 atom stereocenters. The van der Waals surface area contributed by atoms with Gasteiger partial charge in [0.1, 0.15) is 36.6 Å². The monoisotopic (exact) mass is 580 g/mol. The second-order valence-electron chi connectivity index (χ2n) is 7.19. The van der Waals surface area contributed by atoms with E-state index in [9.17, 15) is 54.0 Å². The molecular formula is C14H20N2Na2O16P2. The summed E-state index contributed by atoms with van der Waals surface area (Å²) in [4.78, 5) is 48.7. The molecule has 0 aliphatic carbocycles. The van der Waals surface area contributed by atoms with Gasteiger partial charge in [0.2, 0.25) is 0 Å². The zero-order valence-electron chi connectivity index (χ0n) is 18.8. The molecule has 1 aromatic heterocycles. The quantitative estimate of drug-likeness (QED) is 0.123. The molecule has 194 valence electrons. The molecule has 2 fully saturated rings. The molecule has 22 heteroatoms. The van der Waals surface area contributed by atoms with E-state index in [1.807, 2.05) is 4.98 Å². The van der Waals surface area contributed by atoms with Crippen molar-refractivity contribution < 1.29 is 126 Å². The number of nitrogens with zero attached hydrogens (tertiary/aromatic N) is 1. The summed E-state index contributed by atoms with van der Waals surface area (Å²) < 4.78 is 46.8. The Morgan fingerprint density at radius 3 is 2.28 bits per heavy atom. The van der Waals surface area contributed by atoms with E-state index in [1.54, 1.807) is 0 Å². The molecule has 0 spiro atoms. The minimum absolute atomic E-state index is 0. The van der Waals surface area contributed by atoms with Crippen LogP contribution in [0.5, 0.6) is 0 Å².